The lowest BCUT2D eigenvalue weighted by Gasteiger charge is -2.10. The molecule has 2 aromatic rings. The molecular weight excluding hydrogens is 292 g/mol. The molecule has 120 valence electrons. The zero-order chi connectivity index (χ0) is 16.8. The average Bonchev–Trinajstić information content (AvgIpc) is 2.55. The van der Waals surface area contributed by atoms with Crippen molar-refractivity contribution < 1.29 is 14.3 Å². The molecule has 0 saturated heterocycles. The third kappa shape index (κ3) is 4.32. The highest BCUT2D eigenvalue weighted by Crippen LogP contribution is 2.17. The van der Waals surface area contributed by atoms with Gasteiger partial charge in [0.1, 0.15) is 0 Å². The summed E-state index contributed by atoms with van der Waals surface area (Å²) in [6.45, 7) is 1.94. The first kappa shape index (κ1) is 16.5. The molecule has 0 heterocycles. The van der Waals surface area contributed by atoms with Crippen molar-refractivity contribution in [3.05, 3.63) is 59.2 Å². The number of carbonyl (C=O) groups is 2. The van der Waals surface area contributed by atoms with Crippen LogP contribution < -0.4 is 11.1 Å². The molecule has 0 aliphatic heterocycles. The second kappa shape index (κ2) is 7.45. The lowest BCUT2D eigenvalue weighted by Crippen LogP contribution is -2.15. The number of para-hydroxylation sites is 1. The second-order valence-corrected chi connectivity index (χ2v) is 5.28. The normalized spacial score (nSPS) is 10.2. The largest absolute Gasteiger partial charge is 0.465 e. The highest BCUT2D eigenvalue weighted by molar-refractivity contribution is 6.01. The number of methoxy groups -OCH3 is 1. The molecule has 0 radical (unpaired) electrons. The van der Waals surface area contributed by atoms with Crippen LogP contribution in [0.1, 0.15) is 27.9 Å². The smallest absolute Gasteiger partial charge is 0.339 e. The number of hydrogen-bond acceptors (Lipinski definition) is 4. The fourth-order valence-corrected chi connectivity index (χ4v) is 2.20. The monoisotopic (exact) mass is 312 g/mol. The molecule has 2 aromatic carbocycles. The number of ether oxygens (including phenoxy) is 1. The minimum absolute atomic E-state index is 0.166. The Bertz CT molecular complexity index is 726. The van der Waals surface area contributed by atoms with Crippen molar-refractivity contribution in [1.82, 2.24) is 0 Å². The Balaban J connectivity index is 2.00. The van der Waals surface area contributed by atoms with E-state index < -0.39 is 5.97 Å². The number of nitrogens with one attached hydrogen (secondary N) is 1. The lowest BCUT2D eigenvalue weighted by molar-refractivity contribution is -0.116. The molecule has 0 aliphatic carbocycles. The molecule has 3 N–H and O–H groups in total. The highest BCUT2D eigenvalue weighted by Gasteiger charge is 2.13. The molecule has 0 aliphatic rings. The number of benzene rings is 2. The summed E-state index contributed by atoms with van der Waals surface area (Å²) in [4.78, 5) is 23.8. The summed E-state index contributed by atoms with van der Waals surface area (Å²) in [7, 11) is 1.31. The van der Waals surface area contributed by atoms with Crippen LogP contribution in [-0.2, 0) is 16.0 Å². The summed E-state index contributed by atoms with van der Waals surface area (Å²) in [5.41, 5.74) is 9.40. The maximum atomic E-state index is 12.1. The summed E-state index contributed by atoms with van der Waals surface area (Å²) in [5, 5.41) is 2.75. The minimum atomic E-state index is -0.479. The zero-order valence-corrected chi connectivity index (χ0v) is 13.3. The Morgan fingerprint density at radius 3 is 2.61 bits per heavy atom. The van der Waals surface area contributed by atoms with Gasteiger partial charge in [-0.1, -0.05) is 24.3 Å². The van der Waals surface area contributed by atoms with E-state index in [1.807, 2.05) is 25.1 Å². The number of nitrogens with two attached hydrogens (primary N) is 1. The van der Waals surface area contributed by atoms with E-state index in [1.54, 1.807) is 24.3 Å². The predicted octanol–water partition coefficient (Wildman–Crippen LogP) is 2.94. The Morgan fingerprint density at radius 1 is 1.17 bits per heavy atom. The quantitative estimate of drug-likeness (QED) is 0.657. The standard InChI is InChI=1S/C18H20N2O3/c1-12-7-8-13(11-15(12)19)9-10-17(21)20-16-6-4-3-5-14(16)18(22)23-2/h3-8,11H,9-10,19H2,1-2H3,(H,20,21). The van der Waals surface area contributed by atoms with Gasteiger partial charge in [-0.05, 0) is 42.7 Å². The first-order valence-electron chi connectivity index (χ1n) is 7.33. The van der Waals surface area contributed by atoms with Gasteiger partial charge in [0.15, 0.2) is 0 Å². The van der Waals surface area contributed by atoms with Crippen molar-refractivity contribution in [1.29, 1.82) is 0 Å². The minimum Gasteiger partial charge on any atom is -0.465 e. The Morgan fingerprint density at radius 2 is 1.91 bits per heavy atom. The highest BCUT2D eigenvalue weighted by atomic mass is 16.5. The molecule has 0 atom stereocenters. The number of amides is 1. The molecule has 1 amide bonds. The van der Waals surface area contributed by atoms with Crippen molar-refractivity contribution in [2.75, 3.05) is 18.2 Å². The first-order valence-corrected chi connectivity index (χ1v) is 7.33. The zero-order valence-electron chi connectivity index (χ0n) is 13.3. The molecule has 0 spiro atoms. The van der Waals surface area contributed by atoms with E-state index >= 15 is 0 Å². The van der Waals surface area contributed by atoms with Crippen LogP contribution in [0.5, 0.6) is 0 Å². The molecule has 0 saturated carbocycles. The maximum Gasteiger partial charge on any atom is 0.339 e. The van der Waals surface area contributed by atoms with E-state index in [4.69, 9.17) is 10.5 Å². The van der Waals surface area contributed by atoms with Crippen LogP contribution in [0.2, 0.25) is 0 Å². The van der Waals surface area contributed by atoms with E-state index in [2.05, 4.69) is 5.32 Å². The third-order valence-corrected chi connectivity index (χ3v) is 3.59. The number of aryl methyl sites for hydroxylation is 2. The van der Waals surface area contributed by atoms with Gasteiger partial charge in [-0.15, -0.1) is 0 Å². The van der Waals surface area contributed by atoms with Crippen molar-refractivity contribution in [3.8, 4) is 0 Å². The van der Waals surface area contributed by atoms with E-state index in [1.165, 1.54) is 7.11 Å². The third-order valence-electron chi connectivity index (χ3n) is 3.59. The molecule has 5 heteroatoms. The molecule has 5 nitrogen and oxygen atoms in total. The van der Waals surface area contributed by atoms with Crippen molar-refractivity contribution >= 4 is 23.3 Å². The molecule has 0 aromatic heterocycles. The van der Waals surface area contributed by atoms with Gasteiger partial charge in [0, 0.05) is 12.1 Å². The van der Waals surface area contributed by atoms with Crippen LogP contribution in [0.15, 0.2) is 42.5 Å². The van der Waals surface area contributed by atoms with Crippen molar-refractivity contribution in [2.24, 2.45) is 0 Å². The number of carbonyl (C=O) groups excluding carboxylic acids is 2. The number of esters is 1. The molecule has 2 rings (SSSR count). The molecule has 0 unspecified atom stereocenters. The van der Waals surface area contributed by atoms with Crippen LogP contribution in [0.3, 0.4) is 0 Å². The lowest BCUT2D eigenvalue weighted by atomic mass is 10.1. The fraction of sp³-hybridized carbons (Fsp3) is 0.222. The van der Waals surface area contributed by atoms with Crippen LogP contribution in [-0.4, -0.2) is 19.0 Å². The summed E-state index contributed by atoms with van der Waals surface area (Å²) in [6.07, 6.45) is 0.884. The van der Waals surface area contributed by atoms with E-state index in [0.29, 0.717) is 24.1 Å². The molecule has 0 bridgehead atoms. The van der Waals surface area contributed by atoms with Crippen LogP contribution in [0.4, 0.5) is 11.4 Å². The van der Waals surface area contributed by atoms with Gasteiger partial charge in [-0.2, -0.15) is 0 Å². The first-order chi connectivity index (χ1) is 11.0. The summed E-state index contributed by atoms with van der Waals surface area (Å²) in [5.74, 6) is -0.646. The molecular formula is C18H20N2O3. The fourth-order valence-electron chi connectivity index (χ4n) is 2.20. The second-order valence-electron chi connectivity index (χ2n) is 5.28. The number of hydrogen-bond donors (Lipinski definition) is 2. The van der Waals surface area contributed by atoms with E-state index in [0.717, 1.165) is 16.8 Å². The van der Waals surface area contributed by atoms with Gasteiger partial charge < -0.3 is 15.8 Å². The maximum absolute atomic E-state index is 12.1. The van der Waals surface area contributed by atoms with E-state index in [-0.39, 0.29) is 5.91 Å². The Labute approximate surface area is 135 Å². The summed E-state index contributed by atoms with van der Waals surface area (Å²) < 4.78 is 4.71. The number of nitrogen functional groups attached to an aromatic ring is 1. The van der Waals surface area contributed by atoms with Gasteiger partial charge in [0.2, 0.25) is 5.91 Å². The summed E-state index contributed by atoms with van der Waals surface area (Å²) >= 11 is 0. The number of anilines is 2. The van der Waals surface area contributed by atoms with Crippen LogP contribution >= 0.6 is 0 Å². The summed E-state index contributed by atoms with van der Waals surface area (Å²) in [6, 6.07) is 12.5. The Kier molecular flexibility index (Phi) is 5.36. The molecule has 23 heavy (non-hydrogen) atoms. The SMILES string of the molecule is COC(=O)c1ccccc1NC(=O)CCc1ccc(C)c(N)c1. The van der Waals surface area contributed by atoms with Crippen LogP contribution in [0.25, 0.3) is 0 Å². The van der Waals surface area contributed by atoms with Crippen LogP contribution in [0, 0.1) is 6.92 Å². The van der Waals surface area contributed by atoms with Crippen molar-refractivity contribution in [3.63, 3.8) is 0 Å². The Hall–Kier alpha value is -2.82. The topological polar surface area (TPSA) is 81.4 Å². The van der Waals surface area contributed by atoms with Gasteiger partial charge in [-0.3, -0.25) is 4.79 Å². The number of rotatable bonds is 5. The van der Waals surface area contributed by atoms with E-state index in [9.17, 15) is 9.59 Å². The van der Waals surface area contributed by atoms with Gasteiger partial charge in [-0.25, -0.2) is 4.79 Å². The average molecular weight is 312 g/mol. The van der Waals surface area contributed by atoms with Gasteiger partial charge in [0.25, 0.3) is 0 Å². The molecule has 0 fully saturated rings. The predicted molar refractivity (Wildman–Crippen MR) is 90.3 cm³/mol. The van der Waals surface area contributed by atoms with Crippen molar-refractivity contribution in [2.45, 2.75) is 19.8 Å². The van der Waals surface area contributed by atoms with Gasteiger partial charge >= 0.3 is 5.97 Å². The van der Waals surface area contributed by atoms with Gasteiger partial charge in [0.05, 0.1) is 18.4 Å².